The van der Waals surface area contributed by atoms with Gasteiger partial charge in [-0.25, -0.2) is 0 Å². The first kappa shape index (κ1) is 23.2. The molecule has 6 heteroatoms. The van der Waals surface area contributed by atoms with E-state index in [0.29, 0.717) is 0 Å². The van der Waals surface area contributed by atoms with E-state index in [2.05, 4.69) is 51.6 Å². The molecule has 0 bridgehead atoms. The fourth-order valence-corrected chi connectivity index (χ4v) is 0. The number of thiol groups is 2. The van der Waals surface area contributed by atoms with Gasteiger partial charge < -0.3 is 10.2 Å². The molecule has 0 radical (unpaired) electrons. The van der Waals surface area contributed by atoms with Crippen molar-refractivity contribution in [3.63, 3.8) is 0 Å². The van der Waals surface area contributed by atoms with Crippen LogP contribution < -0.4 is 0 Å². The van der Waals surface area contributed by atoms with Gasteiger partial charge in [0.15, 0.2) is 0 Å². The van der Waals surface area contributed by atoms with Crippen LogP contribution >= 0.6 is 25.3 Å². The fourth-order valence-electron chi connectivity index (χ4n) is 0. The lowest BCUT2D eigenvalue weighted by atomic mass is 10.8. The molecular formula is C8H16O4S2. The first-order valence-corrected chi connectivity index (χ1v) is 4.46. The first-order valence-electron chi connectivity index (χ1n) is 3.20. The molecular weight excluding hydrogens is 224 g/mol. The predicted octanol–water partition coefficient (Wildman–Crippen LogP) is 1.61. The summed E-state index contributed by atoms with van der Waals surface area (Å²) in [6, 6.07) is 0. The van der Waals surface area contributed by atoms with Gasteiger partial charge in [0, 0.05) is 0 Å². The molecule has 0 aliphatic carbocycles. The number of carbonyl (C=O) groups is 2. The van der Waals surface area contributed by atoms with E-state index in [9.17, 15) is 9.59 Å². The monoisotopic (exact) mass is 240 g/mol. The first-order chi connectivity index (χ1) is 6.54. The van der Waals surface area contributed by atoms with E-state index in [0.717, 1.165) is 0 Å². The molecule has 0 aromatic carbocycles. The number of carboxylic acid groups (broad SMARTS) is 2. The Hall–Kier alpha value is -0.880. The van der Waals surface area contributed by atoms with Crippen molar-refractivity contribution in [3.8, 4) is 0 Å². The van der Waals surface area contributed by atoms with Gasteiger partial charge in [-0.2, -0.15) is 25.3 Å². The molecule has 0 saturated carbocycles. The molecule has 0 aromatic heterocycles. The third kappa shape index (κ3) is 117. The molecule has 0 atom stereocenters. The Kier molecular flexibility index (Phi) is 48.9. The molecule has 14 heavy (non-hydrogen) atoms. The summed E-state index contributed by atoms with van der Waals surface area (Å²) in [5.41, 5.74) is 0. The summed E-state index contributed by atoms with van der Waals surface area (Å²) in [6.07, 6.45) is 0. The quantitative estimate of drug-likeness (QED) is 0.437. The molecule has 0 spiro atoms. The maximum Gasteiger partial charge on any atom is 0.313 e. The van der Waals surface area contributed by atoms with Crippen LogP contribution in [0.4, 0.5) is 0 Å². The summed E-state index contributed by atoms with van der Waals surface area (Å²) in [7, 11) is 0. The van der Waals surface area contributed by atoms with Crippen LogP contribution in [0.1, 0.15) is 0 Å². The van der Waals surface area contributed by atoms with Crippen LogP contribution in [0.15, 0.2) is 26.3 Å². The van der Waals surface area contributed by atoms with Crippen LogP contribution in [0, 0.1) is 0 Å². The summed E-state index contributed by atoms with van der Waals surface area (Å²) in [4.78, 5) is 18.6. The molecule has 2 N–H and O–H groups in total. The number of carboxylic acids is 2. The molecule has 0 saturated heterocycles. The van der Waals surface area contributed by atoms with Crippen molar-refractivity contribution in [2.75, 3.05) is 11.5 Å². The Bertz CT molecular complexity index is 123. The molecule has 0 unspecified atom stereocenters. The fraction of sp³-hybridized carbons (Fsp3) is 0.250. The van der Waals surface area contributed by atoms with Crippen molar-refractivity contribution in [1.29, 1.82) is 0 Å². The highest BCUT2D eigenvalue weighted by Gasteiger charge is 1.82. The molecule has 84 valence electrons. The Balaban J connectivity index is -0.0000000528. The summed E-state index contributed by atoms with van der Waals surface area (Å²) >= 11 is 6.83. The highest BCUT2D eigenvalue weighted by Crippen LogP contribution is 1.66. The maximum atomic E-state index is 9.29. The average molecular weight is 240 g/mol. The zero-order chi connectivity index (χ0) is 12.6. The lowest BCUT2D eigenvalue weighted by Gasteiger charge is -1.71. The predicted molar refractivity (Wildman–Crippen MR) is 65.5 cm³/mol. The number of aliphatic carboxylic acids is 2. The molecule has 0 rings (SSSR count). The molecule has 0 aromatic rings. The third-order valence-electron chi connectivity index (χ3n) is 0.271. The van der Waals surface area contributed by atoms with Crippen molar-refractivity contribution in [2.45, 2.75) is 0 Å². The van der Waals surface area contributed by atoms with Gasteiger partial charge in [-0.15, -0.1) is 26.3 Å². The van der Waals surface area contributed by atoms with E-state index in [-0.39, 0.29) is 11.5 Å². The molecule has 0 fully saturated rings. The second-order valence-corrected chi connectivity index (χ2v) is 1.74. The van der Waals surface area contributed by atoms with E-state index in [4.69, 9.17) is 10.2 Å². The Morgan fingerprint density at radius 3 is 0.929 bits per heavy atom. The second-order valence-electron chi connectivity index (χ2n) is 1.10. The van der Waals surface area contributed by atoms with Crippen molar-refractivity contribution in [3.05, 3.63) is 26.3 Å². The maximum absolute atomic E-state index is 9.29. The zero-order valence-electron chi connectivity index (χ0n) is 7.85. The standard InChI is InChI=1S/2C2H4O2S.2C2H4/c2*3-2(4)1-5;2*1-2/h2*5H,1H2,(H,3,4);2*1-2H2. The van der Waals surface area contributed by atoms with Gasteiger partial charge in [-0.3, -0.25) is 9.59 Å². The van der Waals surface area contributed by atoms with Gasteiger partial charge in [0.1, 0.15) is 0 Å². The van der Waals surface area contributed by atoms with E-state index in [1.54, 1.807) is 0 Å². The van der Waals surface area contributed by atoms with E-state index in [1.807, 2.05) is 0 Å². The minimum absolute atomic E-state index is 0.0833. The van der Waals surface area contributed by atoms with Crippen LogP contribution in [-0.4, -0.2) is 33.7 Å². The zero-order valence-corrected chi connectivity index (χ0v) is 9.64. The average Bonchev–Trinajstić information content (AvgIpc) is 2.24. The molecule has 0 heterocycles. The van der Waals surface area contributed by atoms with E-state index < -0.39 is 11.9 Å². The van der Waals surface area contributed by atoms with Gasteiger partial charge in [0.25, 0.3) is 0 Å². The van der Waals surface area contributed by atoms with Crippen molar-refractivity contribution >= 4 is 37.2 Å². The Labute approximate surface area is 95.2 Å². The molecule has 4 nitrogen and oxygen atoms in total. The summed E-state index contributed by atoms with van der Waals surface area (Å²) in [5.74, 6) is -1.93. The summed E-state index contributed by atoms with van der Waals surface area (Å²) in [5, 5.41) is 15.3. The minimum atomic E-state index is -0.881. The van der Waals surface area contributed by atoms with Gasteiger partial charge in [0.05, 0.1) is 11.5 Å². The largest absolute Gasteiger partial charge is 0.481 e. The Morgan fingerprint density at radius 2 is 0.929 bits per heavy atom. The van der Waals surface area contributed by atoms with Crippen molar-refractivity contribution in [2.24, 2.45) is 0 Å². The normalized spacial score (nSPS) is 5.86. The van der Waals surface area contributed by atoms with Gasteiger partial charge in [-0.1, -0.05) is 0 Å². The number of hydrogen-bond acceptors (Lipinski definition) is 4. The van der Waals surface area contributed by atoms with Gasteiger partial charge >= 0.3 is 11.9 Å². The lowest BCUT2D eigenvalue weighted by Crippen LogP contribution is -1.92. The van der Waals surface area contributed by atoms with Crippen LogP contribution in [0.3, 0.4) is 0 Å². The summed E-state index contributed by atoms with van der Waals surface area (Å²) < 4.78 is 0. The smallest absolute Gasteiger partial charge is 0.313 e. The SMILES string of the molecule is C=C.C=C.O=C(O)CS.O=C(O)CS. The highest BCUT2D eigenvalue weighted by atomic mass is 32.1. The third-order valence-corrected chi connectivity index (χ3v) is 0.812. The van der Waals surface area contributed by atoms with Gasteiger partial charge in [-0.05, 0) is 0 Å². The Morgan fingerprint density at radius 1 is 0.857 bits per heavy atom. The van der Waals surface area contributed by atoms with E-state index in [1.165, 1.54) is 0 Å². The summed E-state index contributed by atoms with van der Waals surface area (Å²) in [6.45, 7) is 12.0. The topological polar surface area (TPSA) is 74.6 Å². The van der Waals surface area contributed by atoms with Crippen molar-refractivity contribution in [1.82, 2.24) is 0 Å². The molecule has 0 aliphatic rings. The molecule has 0 amide bonds. The van der Waals surface area contributed by atoms with Crippen molar-refractivity contribution < 1.29 is 19.8 Å². The van der Waals surface area contributed by atoms with E-state index >= 15 is 0 Å². The second kappa shape index (κ2) is 29.6. The lowest BCUT2D eigenvalue weighted by molar-refractivity contribution is -0.134. The number of rotatable bonds is 2. The molecule has 0 aliphatic heterocycles. The van der Waals surface area contributed by atoms with Crippen LogP contribution in [0.5, 0.6) is 0 Å². The van der Waals surface area contributed by atoms with Crippen LogP contribution in [0.25, 0.3) is 0 Å². The number of hydrogen-bond donors (Lipinski definition) is 4. The minimum Gasteiger partial charge on any atom is -0.481 e. The van der Waals surface area contributed by atoms with Gasteiger partial charge in [0.2, 0.25) is 0 Å². The van der Waals surface area contributed by atoms with Crippen LogP contribution in [-0.2, 0) is 9.59 Å². The van der Waals surface area contributed by atoms with Crippen LogP contribution in [0.2, 0.25) is 0 Å². The highest BCUT2D eigenvalue weighted by molar-refractivity contribution is 7.81.